The lowest BCUT2D eigenvalue weighted by molar-refractivity contribution is 0.313. The summed E-state index contributed by atoms with van der Waals surface area (Å²) in [6, 6.07) is 1.21. The number of hydrogen-bond acceptors (Lipinski definition) is 7. The van der Waals surface area contributed by atoms with Gasteiger partial charge >= 0.3 is 6.01 Å². The van der Waals surface area contributed by atoms with Gasteiger partial charge in [-0.25, -0.2) is 0 Å². The largest absolute Gasteiger partial charge is 0.407 e. The molecule has 2 aliphatic rings. The number of nitrogens with one attached hydrogen (secondary N) is 2. The smallest absolute Gasteiger partial charge is 0.315 e. The van der Waals surface area contributed by atoms with Crippen molar-refractivity contribution >= 4 is 17.8 Å². The van der Waals surface area contributed by atoms with Crippen LogP contribution in [0.2, 0.25) is 0 Å². The first-order valence-electron chi connectivity index (χ1n) is 7.00. The van der Waals surface area contributed by atoms with Gasteiger partial charge in [-0.2, -0.15) is 11.8 Å². The standard InChI is InChI=1S/C12H21N5OS/c1-2-10(1)14-9-11-15-16-12(18-11)13-3-4-17-5-7-19-8-6-17/h10,14H,1-9H2,(H,13,16). The van der Waals surface area contributed by atoms with Crippen LogP contribution in [-0.4, -0.2) is 58.8 Å². The maximum absolute atomic E-state index is 5.53. The van der Waals surface area contributed by atoms with Crippen molar-refractivity contribution in [2.75, 3.05) is 43.0 Å². The molecule has 0 amide bonds. The van der Waals surface area contributed by atoms with Crippen LogP contribution in [0.1, 0.15) is 18.7 Å². The third kappa shape index (κ3) is 4.36. The molecule has 0 radical (unpaired) electrons. The van der Waals surface area contributed by atoms with Crippen molar-refractivity contribution in [2.45, 2.75) is 25.4 Å². The van der Waals surface area contributed by atoms with E-state index in [2.05, 4.69) is 25.7 Å². The van der Waals surface area contributed by atoms with Gasteiger partial charge in [0.2, 0.25) is 5.89 Å². The second-order valence-corrected chi connectivity index (χ2v) is 6.26. The van der Waals surface area contributed by atoms with E-state index in [1.54, 1.807) is 0 Å². The molecule has 0 aromatic carbocycles. The third-order valence-corrected chi connectivity index (χ3v) is 4.34. The molecule has 1 saturated carbocycles. The Bertz CT molecular complexity index is 389. The number of rotatable bonds is 7. The summed E-state index contributed by atoms with van der Waals surface area (Å²) in [5.41, 5.74) is 0. The molecule has 106 valence electrons. The van der Waals surface area contributed by atoms with Crippen molar-refractivity contribution in [2.24, 2.45) is 0 Å². The van der Waals surface area contributed by atoms with Crippen LogP contribution in [0.15, 0.2) is 4.42 Å². The molecule has 2 N–H and O–H groups in total. The van der Waals surface area contributed by atoms with Crippen LogP contribution in [0.5, 0.6) is 0 Å². The summed E-state index contributed by atoms with van der Waals surface area (Å²) < 4.78 is 5.53. The number of nitrogens with zero attached hydrogens (tertiary/aromatic N) is 3. The SMILES string of the molecule is C(CN1CCSCC1)Nc1nnc(CNC2CC2)o1. The molecule has 2 heterocycles. The maximum Gasteiger partial charge on any atom is 0.315 e. The van der Waals surface area contributed by atoms with Gasteiger partial charge in [-0.1, -0.05) is 5.10 Å². The number of thioether (sulfide) groups is 1. The number of aromatic nitrogens is 2. The van der Waals surface area contributed by atoms with Crippen LogP contribution in [-0.2, 0) is 6.54 Å². The monoisotopic (exact) mass is 283 g/mol. The maximum atomic E-state index is 5.53. The van der Waals surface area contributed by atoms with Gasteiger partial charge in [0.25, 0.3) is 0 Å². The highest BCUT2D eigenvalue weighted by atomic mass is 32.2. The third-order valence-electron chi connectivity index (χ3n) is 3.39. The molecule has 0 bridgehead atoms. The van der Waals surface area contributed by atoms with Crippen LogP contribution >= 0.6 is 11.8 Å². The molecule has 0 atom stereocenters. The first-order valence-corrected chi connectivity index (χ1v) is 8.15. The Morgan fingerprint density at radius 3 is 2.89 bits per heavy atom. The molecule has 1 saturated heterocycles. The van der Waals surface area contributed by atoms with E-state index in [4.69, 9.17) is 4.42 Å². The van der Waals surface area contributed by atoms with Crippen molar-refractivity contribution in [3.63, 3.8) is 0 Å². The molecule has 1 aromatic heterocycles. The van der Waals surface area contributed by atoms with Gasteiger partial charge < -0.3 is 15.1 Å². The number of hydrogen-bond donors (Lipinski definition) is 2. The minimum absolute atomic E-state index is 0.541. The topological polar surface area (TPSA) is 66.2 Å². The lowest BCUT2D eigenvalue weighted by atomic mass is 10.4. The summed E-state index contributed by atoms with van der Waals surface area (Å²) in [5, 5.41) is 14.6. The van der Waals surface area contributed by atoms with Crippen molar-refractivity contribution in [1.29, 1.82) is 0 Å². The molecular formula is C12H21N5OS. The van der Waals surface area contributed by atoms with Gasteiger partial charge in [-0.05, 0) is 12.8 Å². The molecule has 0 unspecified atom stereocenters. The first-order chi connectivity index (χ1) is 9.40. The number of anilines is 1. The second-order valence-electron chi connectivity index (χ2n) is 5.04. The zero-order valence-electron chi connectivity index (χ0n) is 11.1. The highest BCUT2D eigenvalue weighted by Gasteiger charge is 2.21. The highest BCUT2D eigenvalue weighted by Crippen LogP contribution is 2.19. The van der Waals surface area contributed by atoms with E-state index < -0.39 is 0 Å². The average Bonchev–Trinajstić information content (AvgIpc) is 3.17. The van der Waals surface area contributed by atoms with Crippen molar-refractivity contribution in [1.82, 2.24) is 20.4 Å². The van der Waals surface area contributed by atoms with Crippen LogP contribution in [0, 0.1) is 0 Å². The first kappa shape index (κ1) is 13.2. The molecule has 2 fully saturated rings. The van der Waals surface area contributed by atoms with E-state index in [0.29, 0.717) is 24.5 Å². The van der Waals surface area contributed by atoms with Gasteiger partial charge in [-0.3, -0.25) is 4.90 Å². The Morgan fingerprint density at radius 2 is 2.11 bits per heavy atom. The Morgan fingerprint density at radius 1 is 1.26 bits per heavy atom. The minimum atomic E-state index is 0.541. The summed E-state index contributed by atoms with van der Waals surface area (Å²) >= 11 is 2.03. The van der Waals surface area contributed by atoms with E-state index in [0.717, 1.165) is 13.1 Å². The molecule has 1 aliphatic carbocycles. The van der Waals surface area contributed by atoms with Crippen LogP contribution in [0.4, 0.5) is 6.01 Å². The zero-order valence-corrected chi connectivity index (χ0v) is 11.9. The molecule has 19 heavy (non-hydrogen) atoms. The van der Waals surface area contributed by atoms with Crippen LogP contribution < -0.4 is 10.6 Å². The lowest BCUT2D eigenvalue weighted by Gasteiger charge is -2.25. The molecule has 0 spiro atoms. The van der Waals surface area contributed by atoms with Gasteiger partial charge in [0, 0.05) is 43.7 Å². The Hall–Kier alpha value is -0.790. The highest BCUT2D eigenvalue weighted by molar-refractivity contribution is 7.99. The Kier molecular flexibility index (Phi) is 4.58. The Labute approximate surface area is 117 Å². The lowest BCUT2D eigenvalue weighted by Crippen LogP contribution is -2.36. The molecular weight excluding hydrogens is 262 g/mol. The fourth-order valence-corrected chi connectivity index (χ4v) is 3.04. The summed E-state index contributed by atoms with van der Waals surface area (Å²) in [6.45, 7) is 4.96. The molecule has 1 aromatic rings. The predicted octanol–water partition coefficient (Wildman–Crippen LogP) is 0.782. The predicted molar refractivity (Wildman–Crippen MR) is 76.4 cm³/mol. The van der Waals surface area contributed by atoms with E-state index >= 15 is 0 Å². The van der Waals surface area contributed by atoms with E-state index in [-0.39, 0.29) is 0 Å². The van der Waals surface area contributed by atoms with Crippen LogP contribution in [0.25, 0.3) is 0 Å². The zero-order chi connectivity index (χ0) is 12.9. The van der Waals surface area contributed by atoms with Crippen molar-refractivity contribution < 1.29 is 4.42 Å². The normalized spacial score (nSPS) is 20.6. The van der Waals surface area contributed by atoms with Gasteiger partial charge in [-0.15, -0.1) is 5.10 Å². The minimum Gasteiger partial charge on any atom is -0.407 e. The van der Waals surface area contributed by atoms with Crippen LogP contribution in [0.3, 0.4) is 0 Å². The van der Waals surface area contributed by atoms with E-state index in [9.17, 15) is 0 Å². The summed E-state index contributed by atoms with van der Waals surface area (Å²) in [7, 11) is 0. The molecule has 1 aliphatic heterocycles. The summed E-state index contributed by atoms with van der Waals surface area (Å²) in [5.74, 6) is 3.17. The van der Waals surface area contributed by atoms with E-state index in [1.807, 2.05) is 11.8 Å². The van der Waals surface area contributed by atoms with E-state index in [1.165, 1.54) is 37.4 Å². The molecule has 7 heteroatoms. The van der Waals surface area contributed by atoms with Crippen molar-refractivity contribution in [3.05, 3.63) is 5.89 Å². The van der Waals surface area contributed by atoms with Gasteiger partial charge in [0.1, 0.15) is 0 Å². The fraction of sp³-hybridized carbons (Fsp3) is 0.833. The second kappa shape index (κ2) is 6.58. The fourth-order valence-electron chi connectivity index (χ4n) is 2.06. The Balaban J connectivity index is 1.34. The van der Waals surface area contributed by atoms with Gasteiger partial charge in [0.15, 0.2) is 0 Å². The summed E-state index contributed by atoms with van der Waals surface area (Å²) in [6.07, 6.45) is 2.54. The molecule has 6 nitrogen and oxygen atoms in total. The quantitative estimate of drug-likeness (QED) is 0.766. The van der Waals surface area contributed by atoms with Gasteiger partial charge in [0.05, 0.1) is 6.54 Å². The van der Waals surface area contributed by atoms with Crippen molar-refractivity contribution in [3.8, 4) is 0 Å². The summed E-state index contributed by atoms with van der Waals surface area (Å²) in [4.78, 5) is 2.47. The average molecular weight is 283 g/mol. The molecule has 3 rings (SSSR count).